The standard InChI is InChI=1S/C14H15ClN2O/c1-10-7-11(15)3-6-14(10)18-13-5-4-12(8-16-2)17-9-13/h3-7,9,16H,8H2,1-2H3. The average Bonchev–Trinajstić information content (AvgIpc) is 2.35. The molecule has 0 saturated carbocycles. The summed E-state index contributed by atoms with van der Waals surface area (Å²) in [7, 11) is 1.89. The van der Waals surface area contributed by atoms with Crippen molar-refractivity contribution >= 4 is 11.6 Å². The molecule has 1 aromatic carbocycles. The lowest BCUT2D eigenvalue weighted by Gasteiger charge is -2.09. The predicted molar refractivity (Wildman–Crippen MR) is 73.3 cm³/mol. The third kappa shape index (κ3) is 3.22. The van der Waals surface area contributed by atoms with Gasteiger partial charge in [0.25, 0.3) is 0 Å². The van der Waals surface area contributed by atoms with Crippen LogP contribution in [0.15, 0.2) is 36.5 Å². The number of rotatable bonds is 4. The molecular weight excluding hydrogens is 248 g/mol. The summed E-state index contributed by atoms with van der Waals surface area (Å²) < 4.78 is 5.76. The van der Waals surface area contributed by atoms with Crippen LogP contribution in [0.3, 0.4) is 0 Å². The summed E-state index contributed by atoms with van der Waals surface area (Å²) in [5.74, 6) is 1.52. The van der Waals surface area contributed by atoms with Crippen LogP contribution in [0, 0.1) is 6.92 Å². The lowest BCUT2D eigenvalue weighted by atomic mass is 10.2. The van der Waals surface area contributed by atoms with Crippen molar-refractivity contribution in [2.75, 3.05) is 7.05 Å². The Kier molecular flexibility index (Phi) is 4.18. The monoisotopic (exact) mass is 262 g/mol. The number of aryl methyl sites for hydroxylation is 1. The van der Waals surface area contributed by atoms with Crippen molar-refractivity contribution < 1.29 is 4.74 Å². The van der Waals surface area contributed by atoms with E-state index < -0.39 is 0 Å². The maximum absolute atomic E-state index is 5.90. The van der Waals surface area contributed by atoms with Gasteiger partial charge < -0.3 is 10.1 Å². The van der Waals surface area contributed by atoms with Crippen molar-refractivity contribution in [3.63, 3.8) is 0 Å². The molecule has 0 spiro atoms. The van der Waals surface area contributed by atoms with Gasteiger partial charge in [-0.15, -0.1) is 0 Å². The van der Waals surface area contributed by atoms with Gasteiger partial charge in [-0.05, 0) is 49.9 Å². The van der Waals surface area contributed by atoms with E-state index in [9.17, 15) is 0 Å². The van der Waals surface area contributed by atoms with Crippen LogP contribution >= 0.6 is 11.6 Å². The van der Waals surface area contributed by atoms with Crippen molar-refractivity contribution in [1.82, 2.24) is 10.3 Å². The highest BCUT2D eigenvalue weighted by Crippen LogP contribution is 2.26. The van der Waals surface area contributed by atoms with Crippen LogP contribution in [0.1, 0.15) is 11.3 Å². The Balaban J connectivity index is 2.13. The fourth-order valence-electron chi connectivity index (χ4n) is 1.61. The van der Waals surface area contributed by atoms with Gasteiger partial charge in [-0.3, -0.25) is 4.98 Å². The molecule has 0 saturated heterocycles. The van der Waals surface area contributed by atoms with Gasteiger partial charge in [0, 0.05) is 11.6 Å². The van der Waals surface area contributed by atoms with Crippen molar-refractivity contribution in [3.8, 4) is 11.5 Å². The zero-order chi connectivity index (χ0) is 13.0. The Labute approximate surface area is 112 Å². The number of pyridine rings is 1. The summed E-state index contributed by atoms with van der Waals surface area (Å²) in [6.07, 6.45) is 1.72. The second-order valence-corrected chi connectivity index (χ2v) is 4.46. The van der Waals surface area contributed by atoms with Crippen LogP contribution in [0.4, 0.5) is 0 Å². The Bertz CT molecular complexity index is 526. The lowest BCUT2D eigenvalue weighted by molar-refractivity contribution is 0.476. The Morgan fingerprint density at radius 2 is 2.11 bits per heavy atom. The fourth-order valence-corrected chi connectivity index (χ4v) is 1.84. The number of nitrogens with zero attached hydrogens (tertiary/aromatic N) is 1. The first-order valence-corrected chi connectivity index (χ1v) is 6.10. The van der Waals surface area contributed by atoms with Gasteiger partial charge in [-0.2, -0.15) is 0 Å². The van der Waals surface area contributed by atoms with E-state index >= 15 is 0 Å². The van der Waals surface area contributed by atoms with E-state index in [0.717, 1.165) is 29.3 Å². The topological polar surface area (TPSA) is 34.1 Å². The highest BCUT2D eigenvalue weighted by atomic mass is 35.5. The van der Waals surface area contributed by atoms with Crippen molar-refractivity contribution in [2.24, 2.45) is 0 Å². The molecule has 0 unspecified atom stereocenters. The maximum atomic E-state index is 5.90. The molecule has 0 radical (unpaired) electrons. The average molecular weight is 263 g/mol. The molecule has 2 rings (SSSR count). The van der Waals surface area contributed by atoms with Crippen molar-refractivity contribution in [3.05, 3.63) is 52.8 Å². The molecule has 4 heteroatoms. The molecule has 0 aliphatic carbocycles. The minimum atomic E-state index is 0.711. The van der Waals surface area contributed by atoms with Crippen LogP contribution in [-0.2, 0) is 6.54 Å². The molecule has 0 fully saturated rings. The van der Waals surface area contributed by atoms with Gasteiger partial charge in [0.05, 0.1) is 11.9 Å². The number of nitrogens with one attached hydrogen (secondary N) is 1. The maximum Gasteiger partial charge on any atom is 0.145 e. The van der Waals surface area contributed by atoms with Crippen molar-refractivity contribution in [2.45, 2.75) is 13.5 Å². The van der Waals surface area contributed by atoms with Crippen LogP contribution in [0.5, 0.6) is 11.5 Å². The molecule has 1 N–H and O–H groups in total. The summed E-state index contributed by atoms with van der Waals surface area (Å²) in [6.45, 7) is 2.71. The molecule has 0 atom stereocenters. The first kappa shape index (κ1) is 12.9. The summed E-state index contributed by atoms with van der Waals surface area (Å²) in [5, 5.41) is 3.76. The Hall–Kier alpha value is -1.58. The van der Waals surface area contributed by atoms with Gasteiger partial charge in [0.15, 0.2) is 0 Å². The minimum absolute atomic E-state index is 0.711. The number of ether oxygens (including phenoxy) is 1. The normalized spacial score (nSPS) is 10.4. The number of hydrogen-bond acceptors (Lipinski definition) is 3. The first-order chi connectivity index (χ1) is 8.69. The zero-order valence-corrected chi connectivity index (χ0v) is 11.2. The SMILES string of the molecule is CNCc1ccc(Oc2ccc(Cl)cc2C)cn1. The number of halogens is 1. The highest BCUT2D eigenvalue weighted by Gasteiger charge is 2.02. The lowest BCUT2D eigenvalue weighted by Crippen LogP contribution is -2.06. The Morgan fingerprint density at radius 1 is 1.28 bits per heavy atom. The smallest absolute Gasteiger partial charge is 0.145 e. The third-order valence-corrected chi connectivity index (χ3v) is 2.76. The summed E-state index contributed by atoms with van der Waals surface area (Å²) >= 11 is 5.90. The van der Waals surface area contributed by atoms with Crippen LogP contribution < -0.4 is 10.1 Å². The number of aromatic nitrogens is 1. The van der Waals surface area contributed by atoms with Gasteiger partial charge in [0.1, 0.15) is 11.5 Å². The molecule has 3 nitrogen and oxygen atoms in total. The molecule has 18 heavy (non-hydrogen) atoms. The molecule has 0 aliphatic rings. The minimum Gasteiger partial charge on any atom is -0.455 e. The quantitative estimate of drug-likeness (QED) is 0.915. The third-order valence-electron chi connectivity index (χ3n) is 2.52. The highest BCUT2D eigenvalue weighted by molar-refractivity contribution is 6.30. The summed E-state index contributed by atoms with van der Waals surface area (Å²) in [5.41, 5.74) is 1.99. The summed E-state index contributed by atoms with van der Waals surface area (Å²) in [6, 6.07) is 9.40. The van der Waals surface area contributed by atoms with Crippen molar-refractivity contribution in [1.29, 1.82) is 0 Å². The van der Waals surface area contributed by atoms with E-state index in [-0.39, 0.29) is 0 Å². The van der Waals surface area contributed by atoms with Crippen LogP contribution in [0.25, 0.3) is 0 Å². The van der Waals surface area contributed by atoms with Crippen LogP contribution in [-0.4, -0.2) is 12.0 Å². The van der Waals surface area contributed by atoms with E-state index in [2.05, 4.69) is 10.3 Å². The second-order valence-electron chi connectivity index (χ2n) is 4.03. The summed E-state index contributed by atoms with van der Waals surface area (Å²) in [4.78, 5) is 4.30. The van der Waals surface area contributed by atoms with Gasteiger partial charge in [-0.1, -0.05) is 11.6 Å². The molecule has 0 bridgehead atoms. The van der Waals surface area contributed by atoms with Gasteiger partial charge in [0.2, 0.25) is 0 Å². The Morgan fingerprint density at radius 3 is 2.72 bits per heavy atom. The first-order valence-electron chi connectivity index (χ1n) is 5.72. The van der Waals surface area contributed by atoms with E-state index in [0.29, 0.717) is 5.02 Å². The molecule has 1 aromatic heterocycles. The molecule has 1 heterocycles. The number of hydrogen-bond donors (Lipinski definition) is 1. The van der Waals surface area contributed by atoms with E-state index in [4.69, 9.17) is 16.3 Å². The number of benzene rings is 1. The molecule has 0 aliphatic heterocycles. The van der Waals surface area contributed by atoms with E-state index in [1.165, 1.54) is 0 Å². The van der Waals surface area contributed by atoms with Gasteiger partial charge >= 0.3 is 0 Å². The molecular formula is C14H15ClN2O. The fraction of sp³-hybridized carbons (Fsp3) is 0.214. The van der Waals surface area contributed by atoms with E-state index in [1.807, 2.05) is 44.3 Å². The molecule has 94 valence electrons. The predicted octanol–water partition coefficient (Wildman–Crippen LogP) is 3.56. The second kappa shape index (κ2) is 5.85. The molecule has 0 amide bonds. The van der Waals surface area contributed by atoms with Crippen LogP contribution in [0.2, 0.25) is 5.02 Å². The van der Waals surface area contributed by atoms with E-state index in [1.54, 1.807) is 6.20 Å². The van der Waals surface area contributed by atoms with Gasteiger partial charge in [-0.25, -0.2) is 0 Å². The zero-order valence-electron chi connectivity index (χ0n) is 10.4. The largest absolute Gasteiger partial charge is 0.455 e. The molecule has 2 aromatic rings.